The number of halogens is 2. The summed E-state index contributed by atoms with van der Waals surface area (Å²) >= 11 is 12.4. The molecule has 1 saturated heterocycles. The maximum Gasteiger partial charge on any atom is 0.329 e. The Balaban J connectivity index is 1.33. The summed E-state index contributed by atoms with van der Waals surface area (Å²) in [6, 6.07) is 16.7. The molecular formula is C31H34Cl2N4O5. The van der Waals surface area contributed by atoms with E-state index < -0.39 is 17.9 Å². The Morgan fingerprint density at radius 3 is 2.48 bits per heavy atom. The van der Waals surface area contributed by atoms with Crippen LogP contribution in [0.1, 0.15) is 41.6 Å². The zero-order valence-corrected chi connectivity index (χ0v) is 24.7. The van der Waals surface area contributed by atoms with Crippen molar-refractivity contribution in [2.45, 2.75) is 38.1 Å². The molecule has 0 saturated carbocycles. The second kappa shape index (κ2) is 16.0. The standard InChI is InChI=1S/C31H34Cl2N4O5/c32-24-7-5-8-25(33)29(24)30(39)36-26(31(40)42-20-18-37-17-4-2-10-28(37)38)21-22-11-13-23(14-12-22)41-19-6-16-35-27-9-1-3-15-34-27/h1,3,5,7-9,11-15,26H,2,4,6,10,16-21H2,(H,34,35)(H,36,39)/t26-/m0/s1. The summed E-state index contributed by atoms with van der Waals surface area (Å²) in [6.45, 7) is 2.23. The summed E-state index contributed by atoms with van der Waals surface area (Å²) in [5.74, 6) is 0.365. The zero-order chi connectivity index (χ0) is 29.7. The molecule has 4 rings (SSSR count). The summed E-state index contributed by atoms with van der Waals surface area (Å²) in [6.07, 6.45) is 5.00. The molecule has 3 aromatic rings. The van der Waals surface area contributed by atoms with Gasteiger partial charge in [-0.2, -0.15) is 0 Å². The quantitative estimate of drug-likeness (QED) is 0.191. The van der Waals surface area contributed by atoms with E-state index in [-0.39, 0.29) is 34.5 Å². The molecule has 2 aromatic carbocycles. The van der Waals surface area contributed by atoms with E-state index in [1.165, 1.54) is 0 Å². The number of likely N-dealkylation sites (tertiary alicyclic amines) is 1. The lowest BCUT2D eigenvalue weighted by Crippen LogP contribution is -2.44. The van der Waals surface area contributed by atoms with Crippen LogP contribution < -0.4 is 15.4 Å². The molecule has 2 heterocycles. The van der Waals surface area contributed by atoms with E-state index in [9.17, 15) is 14.4 Å². The van der Waals surface area contributed by atoms with E-state index in [0.29, 0.717) is 31.9 Å². The van der Waals surface area contributed by atoms with E-state index in [0.717, 1.165) is 37.2 Å². The van der Waals surface area contributed by atoms with E-state index in [1.807, 2.05) is 42.5 Å². The lowest BCUT2D eigenvalue weighted by Gasteiger charge is -2.26. The Labute approximate surface area is 255 Å². The summed E-state index contributed by atoms with van der Waals surface area (Å²) in [4.78, 5) is 44.2. The van der Waals surface area contributed by atoms with Crippen LogP contribution in [0.25, 0.3) is 0 Å². The maximum atomic E-state index is 13.1. The van der Waals surface area contributed by atoms with Gasteiger partial charge in [0.25, 0.3) is 5.91 Å². The molecule has 1 aliphatic heterocycles. The predicted molar refractivity (Wildman–Crippen MR) is 162 cm³/mol. The lowest BCUT2D eigenvalue weighted by molar-refractivity contribution is -0.148. The van der Waals surface area contributed by atoms with Gasteiger partial charge in [0.15, 0.2) is 0 Å². The van der Waals surface area contributed by atoms with Crippen molar-refractivity contribution >= 4 is 46.8 Å². The Kier molecular flexibility index (Phi) is 11.8. The molecule has 0 radical (unpaired) electrons. The number of anilines is 1. The predicted octanol–water partition coefficient (Wildman–Crippen LogP) is 5.17. The monoisotopic (exact) mass is 612 g/mol. The first-order valence-corrected chi connectivity index (χ1v) is 14.7. The third kappa shape index (κ3) is 9.36. The van der Waals surface area contributed by atoms with E-state index in [1.54, 1.807) is 29.3 Å². The van der Waals surface area contributed by atoms with Crippen molar-refractivity contribution in [3.63, 3.8) is 0 Å². The minimum atomic E-state index is -1.01. The first-order chi connectivity index (χ1) is 20.4. The van der Waals surface area contributed by atoms with Crippen molar-refractivity contribution in [2.75, 3.05) is 38.2 Å². The second-order valence-electron chi connectivity index (χ2n) is 9.82. The number of esters is 1. The molecule has 1 aliphatic rings. The minimum absolute atomic E-state index is 0.0335. The van der Waals surface area contributed by atoms with Crippen molar-refractivity contribution in [2.24, 2.45) is 0 Å². The summed E-state index contributed by atoms with van der Waals surface area (Å²) in [7, 11) is 0. The molecule has 9 nitrogen and oxygen atoms in total. The SMILES string of the molecule is O=C(N[C@@H](Cc1ccc(OCCCNc2ccccn2)cc1)C(=O)OCCN1CCCCC1=O)c1c(Cl)cccc1Cl. The molecule has 42 heavy (non-hydrogen) atoms. The fraction of sp³-hybridized carbons (Fsp3) is 0.355. The number of rotatable bonds is 14. The van der Waals surface area contributed by atoms with Gasteiger partial charge in [-0.05, 0) is 61.2 Å². The number of carbonyl (C=O) groups is 3. The number of aromatic nitrogens is 1. The largest absolute Gasteiger partial charge is 0.494 e. The fourth-order valence-electron chi connectivity index (χ4n) is 4.50. The van der Waals surface area contributed by atoms with Crippen molar-refractivity contribution in [1.29, 1.82) is 0 Å². The van der Waals surface area contributed by atoms with Crippen molar-refractivity contribution in [3.8, 4) is 5.75 Å². The number of hydrogen-bond acceptors (Lipinski definition) is 7. The molecule has 0 bridgehead atoms. The van der Waals surface area contributed by atoms with Crippen LogP contribution in [0, 0.1) is 0 Å². The number of amides is 2. The van der Waals surface area contributed by atoms with Crippen LogP contribution in [0.15, 0.2) is 66.9 Å². The molecule has 2 N–H and O–H groups in total. The first-order valence-electron chi connectivity index (χ1n) is 14.0. The smallest absolute Gasteiger partial charge is 0.329 e. The highest BCUT2D eigenvalue weighted by Gasteiger charge is 2.26. The van der Waals surface area contributed by atoms with Crippen LogP contribution in [0.2, 0.25) is 10.0 Å². The van der Waals surface area contributed by atoms with Crippen LogP contribution in [-0.4, -0.2) is 66.6 Å². The highest BCUT2D eigenvalue weighted by Crippen LogP contribution is 2.24. The van der Waals surface area contributed by atoms with Crippen LogP contribution in [0.4, 0.5) is 5.82 Å². The number of carbonyl (C=O) groups excluding carboxylic acids is 3. The minimum Gasteiger partial charge on any atom is -0.494 e. The Morgan fingerprint density at radius 2 is 1.76 bits per heavy atom. The molecule has 1 aromatic heterocycles. The number of ether oxygens (including phenoxy) is 2. The summed E-state index contributed by atoms with van der Waals surface area (Å²) in [5, 5.41) is 6.31. The Morgan fingerprint density at radius 1 is 0.976 bits per heavy atom. The molecular weight excluding hydrogens is 579 g/mol. The zero-order valence-electron chi connectivity index (χ0n) is 23.2. The molecule has 0 spiro atoms. The number of benzene rings is 2. The molecule has 1 fully saturated rings. The van der Waals surface area contributed by atoms with Crippen LogP contribution in [0.3, 0.4) is 0 Å². The van der Waals surface area contributed by atoms with Crippen LogP contribution in [0.5, 0.6) is 5.75 Å². The lowest BCUT2D eigenvalue weighted by atomic mass is 10.0. The highest BCUT2D eigenvalue weighted by molar-refractivity contribution is 6.39. The molecule has 1 atom stereocenters. The third-order valence-electron chi connectivity index (χ3n) is 6.73. The van der Waals surface area contributed by atoms with E-state index in [4.69, 9.17) is 32.7 Å². The summed E-state index contributed by atoms with van der Waals surface area (Å²) < 4.78 is 11.3. The Bertz CT molecular complexity index is 1320. The Hall–Kier alpha value is -3.82. The molecule has 0 unspecified atom stereocenters. The van der Waals surface area contributed by atoms with Crippen LogP contribution in [-0.2, 0) is 20.7 Å². The number of pyridine rings is 1. The maximum absolute atomic E-state index is 13.1. The van der Waals surface area contributed by atoms with E-state index in [2.05, 4.69) is 15.6 Å². The second-order valence-corrected chi connectivity index (χ2v) is 10.6. The van der Waals surface area contributed by atoms with Gasteiger partial charge in [0.1, 0.15) is 24.2 Å². The van der Waals surface area contributed by atoms with Gasteiger partial charge in [0.2, 0.25) is 5.91 Å². The highest BCUT2D eigenvalue weighted by atomic mass is 35.5. The van der Waals surface area contributed by atoms with Gasteiger partial charge in [-0.15, -0.1) is 0 Å². The molecule has 11 heteroatoms. The van der Waals surface area contributed by atoms with Crippen molar-refractivity contribution in [1.82, 2.24) is 15.2 Å². The number of hydrogen-bond donors (Lipinski definition) is 2. The molecule has 222 valence electrons. The molecule has 2 amide bonds. The third-order valence-corrected chi connectivity index (χ3v) is 7.36. The number of nitrogens with zero attached hydrogens (tertiary/aromatic N) is 2. The molecule has 0 aliphatic carbocycles. The van der Waals surface area contributed by atoms with Crippen molar-refractivity contribution < 1.29 is 23.9 Å². The average Bonchev–Trinajstić information content (AvgIpc) is 2.99. The topological polar surface area (TPSA) is 110 Å². The normalized spacial score (nSPS) is 13.8. The average molecular weight is 614 g/mol. The van der Waals surface area contributed by atoms with Gasteiger partial charge >= 0.3 is 5.97 Å². The number of nitrogens with one attached hydrogen (secondary N) is 2. The first kappa shape index (κ1) is 31.1. The van der Waals surface area contributed by atoms with Crippen LogP contribution >= 0.6 is 23.2 Å². The fourth-order valence-corrected chi connectivity index (χ4v) is 5.07. The number of piperidine rings is 1. The van der Waals surface area contributed by atoms with Gasteiger partial charge in [0, 0.05) is 32.1 Å². The summed E-state index contributed by atoms with van der Waals surface area (Å²) in [5.41, 5.74) is 0.872. The van der Waals surface area contributed by atoms with Gasteiger partial charge in [-0.1, -0.05) is 47.5 Å². The van der Waals surface area contributed by atoms with Gasteiger partial charge in [-0.25, -0.2) is 9.78 Å². The van der Waals surface area contributed by atoms with Gasteiger partial charge in [0.05, 0.1) is 28.8 Å². The van der Waals surface area contributed by atoms with E-state index >= 15 is 0 Å². The van der Waals surface area contributed by atoms with Gasteiger partial charge < -0.3 is 25.0 Å². The van der Waals surface area contributed by atoms with Crippen molar-refractivity contribution in [3.05, 3.63) is 88.0 Å². The van der Waals surface area contributed by atoms with Gasteiger partial charge in [-0.3, -0.25) is 9.59 Å².